The maximum Gasteiger partial charge on any atom is 0.416 e. The van der Waals surface area contributed by atoms with Gasteiger partial charge in [0.2, 0.25) is 0 Å². The molecule has 0 aromatic heterocycles. The number of halogens is 3. The number of nitrogens with one attached hydrogen (secondary N) is 1. The Morgan fingerprint density at radius 2 is 1.81 bits per heavy atom. The Kier molecular flexibility index (Phi) is 7.86. The summed E-state index contributed by atoms with van der Waals surface area (Å²) in [6.45, 7) is 4.76. The fourth-order valence-corrected chi connectivity index (χ4v) is 1.65. The van der Waals surface area contributed by atoms with Gasteiger partial charge in [-0.05, 0) is 31.5 Å². The summed E-state index contributed by atoms with van der Waals surface area (Å²) in [7, 11) is -4.67. The SMILES string of the molecule is CCNC(C)Cc1cccc(C(F)(F)F)c1.O=S(=O)(O)O. The summed E-state index contributed by atoms with van der Waals surface area (Å²) >= 11 is 0. The van der Waals surface area contributed by atoms with Gasteiger partial charge in [-0.3, -0.25) is 9.11 Å². The summed E-state index contributed by atoms with van der Waals surface area (Å²) in [5, 5.41) is 3.17. The first kappa shape index (κ1) is 19.8. The van der Waals surface area contributed by atoms with Crippen LogP contribution in [0.1, 0.15) is 25.0 Å². The summed E-state index contributed by atoms with van der Waals surface area (Å²) in [5.74, 6) is 0. The molecule has 0 amide bonds. The van der Waals surface area contributed by atoms with E-state index in [0.717, 1.165) is 12.6 Å². The van der Waals surface area contributed by atoms with E-state index in [-0.39, 0.29) is 6.04 Å². The average Bonchev–Trinajstić information content (AvgIpc) is 2.26. The Morgan fingerprint density at radius 1 is 1.29 bits per heavy atom. The number of benzene rings is 1. The van der Waals surface area contributed by atoms with Gasteiger partial charge in [0.05, 0.1) is 5.56 Å². The Hall–Kier alpha value is -1.16. The topological polar surface area (TPSA) is 86.6 Å². The number of hydrogen-bond donors (Lipinski definition) is 3. The monoisotopic (exact) mass is 329 g/mol. The smallest absolute Gasteiger partial charge is 0.314 e. The van der Waals surface area contributed by atoms with Crippen LogP contribution in [0.25, 0.3) is 0 Å². The number of rotatable bonds is 4. The van der Waals surface area contributed by atoms with Gasteiger partial charge in [0, 0.05) is 6.04 Å². The van der Waals surface area contributed by atoms with Crippen molar-refractivity contribution in [2.75, 3.05) is 6.54 Å². The van der Waals surface area contributed by atoms with E-state index >= 15 is 0 Å². The molecule has 0 aliphatic carbocycles. The lowest BCUT2D eigenvalue weighted by molar-refractivity contribution is -0.137. The van der Waals surface area contributed by atoms with Crippen molar-refractivity contribution in [2.24, 2.45) is 0 Å². The zero-order valence-corrected chi connectivity index (χ0v) is 12.4. The molecule has 1 aromatic carbocycles. The molecule has 1 unspecified atom stereocenters. The van der Waals surface area contributed by atoms with E-state index < -0.39 is 22.1 Å². The summed E-state index contributed by atoms with van der Waals surface area (Å²) in [6.07, 6.45) is -3.64. The highest BCUT2D eigenvalue weighted by Crippen LogP contribution is 2.29. The summed E-state index contributed by atoms with van der Waals surface area (Å²) in [6, 6.07) is 5.68. The third kappa shape index (κ3) is 11.2. The van der Waals surface area contributed by atoms with Gasteiger partial charge in [0.25, 0.3) is 0 Å². The van der Waals surface area contributed by atoms with Gasteiger partial charge in [-0.1, -0.05) is 25.1 Å². The van der Waals surface area contributed by atoms with Crippen LogP contribution in [-0.2, 0) is 23.0 Å². The van der Waals surface area contributed by atoms with Crippen LogP contribution in [0, 0.1) is 0 Å². The van der Waals surface area contributed by atoms with Crippen LogP contribution >= 0.6 is 0 Å². The zero-order valence-electron chi connectivity index (χ0n) is 11.6. The van der Waals surface area contributed by atoms with Crippen LogP contribution in [0.5, 0.6) is 0 Å². The molecule has 0 bridgehead atoms. The Morgan fingerprint density at radius 3 is 2.24 bits per heavy atom. The van der Waals surface area contributed by atoms with E-state index in [0.29, 0.717) is 12.0 Å². The molecule has 0 fully saturated rings. The third-order valence-corrected chi connectivity index (χ3v) is 2.35. The Balaban J connectivity index is 0.000000690. The van der Waals surface area contributed by atoms with Gasteiger partial charge >= 0.3 is 16.6 Å². The predicted octanol–water partition coefficient (Wildman–Crippen LogP) is 2.59. The molecule has 21 heavy (non-hydrogen) atoms. The maximum absolute atomic E-state index is 12.4. The normalized spacial score (nSPS) is 13.3. The molecular weight excluding hydrogens is 311 g/mol. The average molecular weight is 329 g/mol. The second-order valence-corrected chi connectivity index (χ2v) is 5.20. The number of alkyl halides is 3. The van der Waals surface area contributed by atoms with Crippen molar-refractivity contribution in [2.45, 2.75) is 32.5 Å². The van der Waals surface area contributed by atoms with Gasteiger partial charge < -0.3 is 5.32 Å². The molecule has 1 rings (SSSR count). The van der Waals surface area contributed by atoms with Crippen LogP contribution in [-0.4, -0.2) is 30.1 Å². The number of likely N-dealkylation sites (N-methyl/N-ethyl adjacent to an activating group) is 1. The van der Waals surface area contributed by atoms with Crippen molar-refractivity contribution in [3.8, 4) is 0 Å². The predicted molar refractivity (Wildman–Crippen MR) is 72.5 cm³/mol. The fraction of sp³-hybridized carbons (Fsp3) is 0.500. The molecule has 3 N–H and O–H groups in total. The van der Waals surface area contributed by atoms with Gasteiger partial charge in [-0.25, -0.2) is 0 Å². The van der Waals surface area contributed by atoms with E-state index in [1.165, 1.54) is 12.1 Å². The minimum Gasteiger partial charge on any atom is -0.314 e. The Labute approximate surface area is 121 Å². The molecule has 0 aliphatic heterocycles. The van der Waals surface area contributed by atoms with Crippen LogP contribution < -0.4 is 5.32 Å². The van der Waals surface area contributed by atoms with E-state index in [2.05, 4.69) is 5.32 Å². The van der Waals surface area contributed by atoms with Crippen molar-refractivity contribution < 1.29 is 30.7 Å². The molecule has 122 valence electrons. The lowest BCUT2D eigenvalue weighted by Gasteiger charge is -2.13. The van der Waals surface area contributed by atoms with Crippen LogP contribution in [0.2, 0.25) is 0 Å². The molecule has 0 radical (unpaired) electrons. The molecule has 9 heteroatoms. The standard InChI is InChI=1S/C12H16F3N.H2O4S/c1-3-16-9(2)7-10-5-4-6-11(8-10)12(13,14)15;1-5(2,3)4/h4-6,8-9,16H,3,7H2,1-2H3;(H2,1,2,3,4). The highest BCUT2D eigenvalue weighted by Gasteiger charge is 2.30. The molecule has 0 spiro atoms. The van der Waals surface area contributed by atoms with Gasteiger partial charge in [0.1, 0.15) is 0 Å². The lowest BCUT2D eigenvalue weighted by Crippen LogP contribution is -2.27. The molecule has 1 aromatic rings. The lowest BCUT2D eigenvalue weighted by atomic mass is 10.0. The summed E-state index contributed by atoms with van der Waals surface area (Å²) in [4.78, 5) is 0. The van der Waals surface area contributed by atoms with Gasteiger partial charge in [0.15, 0.2) is 0 Å². The van der Waals surface area contributed by atoms with E-state index in [1.807, 2.05) is 13.8 Å². The summed E-state index contributed by atoms with van der Waals surface area (Å²) in [5.41, 5.74) is 0.136. The van der Waals surface area contributed by atoms with Crippen LogP contribution in [0.4, 0.5) is 13.2 Å². The van der Waals surface area contributed by atoms with Crippen LogP contribution in [0.15, 0.2) is 24.3 Å². The van der Waals surface area contributed by atoms with Crippen molar-refractivity contribution in [3.63, 3.8) is 0 Å². The number of hydrogen-bond acceptors (Lipinski definition) is 3. The Bertz CT molecular complexity index is 524. The van der Waals surface area contributed by atoms with Crippen LogP contribution in [0.3, 0.4) is 0 Å². The maximum atomic E-state index is 12.4. The first-order chi connectivity index (χ1) is 9.43. The van der Waals surface area contributed by atoms with E-state index in [4.69, 9.17) is 17.5 Å². The van der Waals surface area contributed by atoms with E-state index in [9.17, 15) is 13.2 Å². The van der Waals surface area contributed by atoms with Gasteiger partial charge in [-0.2, -0.15) is 21.6 Å². The molecule has 1 atom stereocenters. The minimum atomic E-state index is -4.67. The van der Waals surface area contributed by atoms with Crippen molar-refractivity contribution in [1.82, 2.24) is 5.32 Å². The third-order valence-electron chi connectivity index (χ3n) is 2.35. The molecule has 0 saturated carbocycles. The fourth-order valence-electron chi connectivity index (χ4n) is 1.65. The second kappa shape index (κ2) is 8.32. The highest BCUT2D eigenvalue weighted by atomic mass is 32.3. The molecular formula is C12H18F3NO4S. The van der Waals surface area contributed by atoms with Gasteiger partial charge in [-0.15, -0.1) is 0 Å². The first-order valence-electron chi connectivity index (χ1n) is 6.03. The summed E-state index contributed by atoms with van der Waals surface area (Å²) < 4.78 is 68.9. The van der Waals surface area contributed by atoms with Crippen molar-refractivity contribution in [1.29, 1.82) is 0 Å². The van der Waals surface area contributed by atoms with Crippen molar-refractivity contribution in [3.05, 3.63) is 35.4 Å². The molecule has 5 nitrogen and oxygen atoms in total. The molecule has 0 heterocycles. The quantitative estimate of drug-likeness (QED) is 0.739. The largest absolute Gasteiger partial charge is 0.416 e. The van der Waals surface area contributed by atoms with Crippen molar-refractivity contribution >= 4 is 10.4 Å². The molecule has 0 saturated heterocycles. The first-order valence-corrected chi connectivity index (χ1v) is 7.42. The van der Waals surface area contributed by atoms with E-state index in [1.54, 1.807) is 6.07 Å². The molecule has 0 aliphatic rings. The second-order valence-electron chi connectivity index (χ2n) is 4.31. The minimum absolute atomic E-state index is 0.188. The zero-order chi connectivity index (χ0) is 16.7. The highest BCUT2D eigenvalue weighted by molar-refractivity contribution is 7.79.